The van der Waals surface area contributed by atoms with Gasteiger partial charge in [0.15, 0.2) is 0 Å². The average Bonchev–Trinajstić information content (AvgIpc) is 2.39. The van der Waals surface area contributed by atoms with Gasteiger partial charge in [0.1, 0.15) is 6.07 Å². The van der Waals surface area contributed by atoms with Gasteiger partial charge in [0.05, 0.1) is 22.8 Å². The van der Waals surface area contributed by atoms with Gasteiger partial charge in [0.2, 0.25) is 0 Å². The molecule has 0 radical (unpaired) electrons. The summed E-state index contributed by atoms with van der Waals surface area (Å²) in [6.07, 6.45) is 1.88. The van der Waals surface area contributed by atoms with Crippen LogP contribution < -0.4 is 5.32 Å². The first-order valence-electron chi connectivity index (χ1n) is 6.06. The first kappa shape index (κ1) is 14.9. The molecule has 0 aliphatic carbocycles. The van der Waals surface area contributed by atoms with Crippen molar-refractivity contribution in [2.24, 2.45) is 0 Å². The lowest BCUT2D eigenvalue weighted by molar-refractivity contribution is -0.384. The van der Waals surface area contributed by atoms with Gasteiger partial charge < -0.3 is 10.1 Å². The summed E-state index contributed by atoms with van der Waals surface area (Å²) in [5.41, 5.74) is 0.788. The van der Waals surface area contributed by atoms with E-state index in [0.29, 0.717) is 12.3 Å². The number of ether oxygens (including phenoxy) is 1. The number of nitrogens with one attached hydrogen (secondary N) is 1. The van der Waals surface area contributed by atoms with Crippen molar-refractivity contribution in [3.05, 3.63) is 33.9 Å². The lowest BCUT2D eigenvalue weighted by atomic mass is 10.1. The third kappa shape index (κ3) is 4.23. The smallest absolute Gasteiger partial charge is 0.270 e. The number of non-ortho nitro benzene ring substituents is 1. The van der Waals surface area contributed by atoms with E-state index in [9.17, 15) is 10.1 Å². The molecule has 1 aromatic carbocycles. The molecule has 0 fully saturated rings. The maximum atomic E-state index is 10.7. The number of rotatable bonds is 7. The van der Waals surface area contributed by atoms with Crippen LogP contribution in [0.3, 0.4) is 0 Å². The van der Waals surface area contributed by atoms with Crippen LogP contribution in [0.25, 0.3) is 0 Å². The lowest BCUT2D eigenvalue weighted by Crippen LogP contribution is -2.25. The fraction of sp³-hybridized carbons (Fsp3) is 0.462. The van der Waals surface area contributed by atoms with Gasteiger partial charge in [-0.25, -0.2) is 0 Å². The highest BCUT2D eigenvalue weighted by atomic mass is 16.6. The summed E-state index contributed by atoms with van der Waals surface area (Å²) < 4.78 is 5.11. The average molecular weight is 263 g/mol. The maximum Gasteiger partial charge on any atom is 0.270 e. The molecule has 19 heavy (non-hydrogen) atoms. The summed E-state index contributed by atoms with van der Waals surface area (Å²) in [5, 5.41) is 22.9. The molecule has 1 rings (SSSR count). The Hall–Kier alpha value is -2.13. The van der Waals surface area contributed by atoms with Crippen LogP contribution >= 0.6 is 0 Å². The van der Waals surface area contributed by atoms with Crippen molar-refractivity contribution in [1.29, 1.82) is 5.26 Å². The molecular weight excluding hydrogens is 246 g/mol. The van der Waals surface area contributed by atoms with E-state index in [-0.39, 0.29) is 17.3 Å². The van der Waals surface area contributed by atoms with Crippen LogP contribution in [0.1, 0.15) is 25.3 Å². The van der Waals surface area contributed by atoms with Crippen LogP contribution in [0.15, 0.2) is 18.2 Å². The van der Waals surface area contributed by atoms with Crippen LogP contribution in [0.4, 0.5) is 11.4 Å². The predicted molar refractivity (Wildman–Crippen MR) is 72.0 cm³/mol. The molecule has 1 aromatic rings. The highest BCUT2D eigenvalue weighted by Crippen LogP contribution is 2.22. The number of hydrogen-bond donors (Lipinski definition) is 1. The monoisotopic (exact) mass is 263 g/mol. The number of anilines is 1. The Kier molecular flexibility index (Phi) is 5.76. The standard InChI is InChI=1S/C13H17N3O3/c1-3-4-11(9-19-2)15-13-6-5-12(16(17)18)7-10(13)8-14/h5-7,11,15H,3-4,9H2,1-2H3. The third-order valence-corrected chi connectivity index (χ3v) is 2.70. The first-order valence-corrected chi connectivity index (χ1v) is 6.06. The minimum absolute atomic E-state index is 0.0825. The van der Waals surface area contributed by atoms with Gasteiger partial charge in [0, 0.05) is 25.3 Å². The Bertz CT molecular complexity index is 477. The van der Waals surface area contributed by atoms with Crippen LogP contribution in [0.2, 0.25) is 0 Å². The Labute approximate surface area is 112 Å². The second kappa shape index (κ2) is 7.34. The molecule has 0 aliphatic heterocycles. The number of nitriles is 1. The molecule has 1 atom stereocenters. The molecule has 0 saturated carbocycles. The van der Waals surface area contributed by atoms with Crippen molar-refractivity contribution in [3.63, 3.8) is 0 Å². The molecule has 1 N–H and O–H groups in total. The second-order valence-corrected chi connectivity index (χ2v) is 4.18. The van der Waals surface area contributed by atoms with Gasteiger partial charge in [-0.3, -0.25) is 10.1 Å². The molecule has 102 valence electrons. The van der Waals surface area contributed by atoms with Crippen molar-refractivity contribution in [2.75, 3.05) is 19.0 Å². The summed E-state index contributed by atoms with van der Waals surface area (Å²) in [6.45, 7) is 2.58. The quantitative estimate of drug-likeness (QED) is 0.603. The van der Waals surface area contributed by atoms with E-state index >= 15 is 0 Å². The predicted octanol–water partition coefficient (Wildman–Crippen LogP) is 2.69. The summed E-state index contributed by atoms with van der Waals surface area (Å²) >= 11 is 0. The van der Waals surface area contributed by atoms with Crippen molar-refractivity contribution in [1.82, 2.24) is 0 Å². The fourth-order valence-corrected chi connectivity index (χ4v) is 1.83. The molecule has 0 aliphatic rings. The van der Waals surface area contributed by atoms with E-state index < -0.39 is 4.92 Å². The van der Waals surface area contributed by atoms with E-state index in [1.807, 2.05) is 6.07 Å². The molecule has 0 bridgehead atoms. The zero-order valence-electron chi connectivity index (χ0n) is 11.0. The number of nitrogens with zero attached hydrogens (tertiary/aromatic N) is 2. The van der Waals surface area contributed by atoms with E-state index in [1.165, 1.54) is 12.1 Å². The topological polar surface area (TPSA) is 88.2 Å². The zero-order chi connectivity index (χ0) is 14.3. The van der Waals surface area contributed by atoms with Gasteiger partial charge in [-0.05, 0) is 12.5 Å². The SMILES string of the molecule is CCCC(COC)Nc1ccc([N+](=O)[O-])cc1C#N. The molecule has 0 saturated heterocycles. The van der Waals surface area contributed by atoms with Crippen molar-refractivity contribution < 1.29 is 9.66 Å². The van der Waals surface area contributed by atoms with Crippen molar-refractivity contribution in [3.8, 4) is 6.07 Å². The largest absolute Gasteiger partial charge is 0.383 e. The Morgan fingerprint density at radius 3 is 2.84 bits per heavy atom. The van der Waals surface area contributed by atoms with Gasteiger partial charge in [-0.15, -0.1) is 0 Å². The van der Waals surface area contributed by atoms with Gasteiger partial charge in [-0.1, -0.05) is 13.3 Å². The minimum atomic E-state index is -0.511. The minimum Gasteiger partial charge on any atom is -0.383 e. The maximum absolute atomic E-state index is 10.7. The van der Waals surface area contributed by atoms with Crippen LogP contribution in [0, 0.1) is 21.4 Å². The number of benzene rings is 1. The summed E-state index contributed by atoms with van der Waals surface area (Å²) in [5.74, 6) is 0. The zero-order valence-corrected chi connectivity index (χ0v) is 11.0. The van der Waals surface area contributed by atoms with E-state index in [2.05, 4.69) is 12.2 Å². The van der Waals surface area contributed by atoms with E-state index in [1.54, 1.807) is 13.2 Å². The number of nitro groups is 1. The third-order valence-electron chi connectivity index (χ3n) is 2.70. The molecule has 0 heterocycles. The number of nitro benzene ring substituents is 1. The molecule has 0 spiro atoms. The fourth-order valence-electron chi connectivity index (χ4n) is 1.83. The number of hydrogen-bond acceptors (Lipinski definition) is 5. The second-order valence-electron chi connectivity index (χ2n) is 4.18. The Morgan fingerprint density at radius 2 is 2.32 bits per heavy atom. The molecule has 1 unspecified atom stereocenters. The summed E-state index contributed by atoms with van der Waals surface area (Å²) in [7, 11) is 1.62. The highest BCUT2D eigenvalue weighted by molar-refractivity contribution is 5.61. The van der Waals surface area contributed by atoms with Gasteiger partial charge in [-0.2, -0.15) is 5.26 Å². The van der Waals surface area contributed by atoms with Gasteiger partial charge in [0.25, 0.3) is 5.69 Å². The van der Waals surface area contributed by atoms with Crippen molar-refractivity contribution in [2.45, 2.75) is 25.8 Å². The Balaban J connectivity index is 2.93. The molecule has 6 nitrogen and oxygen atoms in total. The highest BCUT2D eigenvalue weighted by Gasteiger charge is 2.13. The summed E-state index contributed by atoms with van der Waals surface area (Å²) in [6, 6.07) is 6.29. The van der Waals surface area contributed by atoms with Crippen LogP contribution in [-0.2, 0) is 4.74 Å². The lowest BCUT2D eigenvalue weighted by Gasteiger charge is -2.19. The molecule has 0 amide bonds. The molecule has 6 heteroatoms. The normalized spacial score (nSPS) is 11.6. The molecular formula is C13H17N3O3. The molecule has 0 aromatic heterocycles. The van der Waals surface area contributed by atoms with Crippen LogP contribution in [-0.4, -0.2) is 24.7 Å². The van der Waals surface area contributed by atoms with Crippen molar-refractivity contribution >= 4 is 11.4 Å². The van der Waals surface area contributed by atoms with E-state index in [0.717, 1.165) is 12.8 Å². The Morgan fingerprint density at radius 1 is 1.58 bits per heavy atom. The van der Waals surface area contributed by atoms with Crippen LogP contribution in [0.5, 0.6) is 0 Å². The summed E-state index contributed by atoms with van der Waals surface area (Å²) in [4.78, 5) is 10.2. The number of methoxy groups -OCH3 is 1. The van der Waals surface area contributed by atoms with Gasteiger partial charge >= 0.3 is 0 Å². The van der Waals surface area contributed by atoms with E-state index in [4.69, 9.17) is 10.00 Å². The first-order chi connectivity index (χ1) is 9.12.